The van der Waals surface area contributed by atoms with Crippen LogP contribution in [0.15, 0.2) is 24.3 Å². The number of fused-ring (bicyclic) bond motifs is 1. The van der Waals surface area contributed by atoms with Crippen LogP contribution >= 0.6 is 11.6 Å². The van der Waals surface area contributed by atoms with Crippen molar-refractivity contribution in [3.8, 4) is 0 Å². The van der Waals surface area contributed by atoms with E-state index in [1.807, 2.05) is 12.1 Å². The first-order chi connectivity index (χ1) is 12.3. The molecule has 1 N–H and O–H groups in total. The van der Waals surface area contributed by atoms with E-state index >= 15 is 0 Å². The summed E-state index contributed by atoms with van der Waals surface area (Å²) in [5.41, 5.74) is 3.24. The number of ketones is 1. The lowest BCUT2D eigenvalue weighted by molar-refractivity contribution is -0.138. The van der Waals surface area contributed by atoms with Crippen molar-refractivity contribution in [2.24, 2.45) is 23.2 Å². The summed E-state index contributed by atoms with van der Waals surface area (Å²) < 4.78 is 0. The van der Waals surface area contributed by atoms with Crippen molar-refractivity contribution in [1.29, 1.82) is 0 Å². The zero-order valence-corrected chi connectivity index (χ0v) is 16.5. The summed E-state index contributed by atoms with van der Waals surface area (Å²) in [6.07, 6.45) is 10.4. The molecule has 1 aromatic carbocycles. The topological polar surface area (TPSA) is 29.1 Å². The van der Waals surface area contributed by atoms with Gasteiger partial charge in [-0.15, -0.1) is 0 Å². The highest BCUT2D eigenvalue weighted by Gasteiger charge is 2.53. The Labute approximate surface area is 161 Å². The summed E-state index contributed by atoms with van der Waals surface area (Å²) in [6, 6.07) is 6.06. The van der Waals surface area contributed by atoms with E-state index in [4.69, 9.17) is 11.6 Å². The third-order valence-electron chi connectivity index (χ3n) is 7.30. The Bertz CT molecular complexity index is 771. The molecular weight excluding hydrogens is 342 g/mol. The van der Waals surface area contributed by atoms with Gasteiger partial charge in [0.05, 0.1) is 0 Å². The highest BCUT2D eigenvalue weighted by atomic mass is 35.5. The van der Waals surface area contributed by atoms with Gasteiger partial charge in [-0.3, -0.25) is 4.79 Å². The fourth-order valence-corrected chi connectivity index (χ4v) is 6.93. The van der Waals surface area contributed by atoms with E-state index in [-0.39, 0.29) is 11.0 Å². The number of hydrogen-bond donors (Lipinski definition) is 1. The summed E-state index contributed by atoms with van der Waals surface area (Å²) >= 11 is 6.23. The number of rotatable bonds is 2. The van der Waals surface area contributed by atoms with Gasteiger partial charge in [0.1, 0.15) is 0 Å². The van der Waals surface area contributed by atoms with Crippen LogP contribution in [-0.2, 0) is 11.2 Å². The lowest BCUT2D eigenvalue weighted by Crippen LogP contribution is -2.50. The highest BCUT2D eigenvalue weighted by Crippen LogP contribution is 2.60. The Hall–Kier alpha value is -1.28. The molecular formula is C23H28ClNO. The molecule has 26 heavy (non-hydrogen) atoms. The second-order valence-corrected chi connectivity index (χ2v) is 10.5. The zero-order valence-electron chi connectivity index (χ0n) is 15.8. The van der Waals surface area contributed by atoms with Crippen LogP contribution in [0.5, 0.6) is 0 Å². The number of nitrogens with one attached hydrogen (secondary N) is 1. The van der Waals surface area contributed by atoms with Crippen LogP contribution < -0.4 is 5.32 Å². The van der Waals surface area contributed by atoms with Crippen molar-refractivity contribution in [1.82, 2.24) is 5.32 Å². The number of carbonyl (C=O) groups excluding carboxylic acids is 1. The predicted molar refractivity (Wildman–Crippen MR) is 106 cm³/mol. The molecule has 2 nitrogen and oxygen atoms in total. The molecule has 4 bridgehead atoms. The summed E-state index contributed by atoms with van der Waals surface area (Å²) in [6.45, 7) is 4.39. The van der Waals surface area contributed by atoms with Crippen molar-refractivity contribution >= 4 is 23.1 Å². The highest BCUT2D eigenvalue weighted by molar-refractivity contribution is 6.30. The number of hydrogen-bond acceptors (Lipinski definition) is 2. The van der Waals surface area contributed by atoms with Gasteiger partial charge in [0.25, 0.3) is 0 Å². The molecule has 0 unspecified atom stereocenters. The lowest BCUT2D eigenvalue weighted by atomic mass is 9.48. The molecule has 1 aromatic rings. The van der Waals surface area contributed by atoms with Crippen LogP contribution in [0, 0.1) is 23.2 Å². The Morgan fingerprint density at radius 2 is 1.73 bits per heavy atom. The molecule has 3 heteroatoms. The lowest BCUT2D eigenvalue weighted by Gasteiger charge is -2.55. The molecule has 0 spiro atoms. The molecule has 5 aliphatic rings. The summed E-state index contributed by atoms with van der Waals surface area (Å²) in [5.74, 6) is 2.76. The van der Waals surface area contributed by atoms with E-state index in [1.54, 1.807) is 0 Å². The molecule has 6 rings (SSSR count). The van der Waals surface area contributed by atoms with Crippen LogP contribution in [-0.4, -0.2) is 11.3 Å². The van der Waals surface area contributed by atoms with Crippen LogP contribution in [0.3, 0.4) is 0 Å². The minimum Gasteiger partial charge on any atom is -0.379 e. The Kier molecular flexibility index (Phi) is 3.64. The first kappa shape index (κ1) is 16.9. The van der Waals surface area contributed by atoms with E-state index in [9.17, 15) is 4.79 Å². The molecule has 1 aliphatic heterocycles. The van der Waals surface area contributed by atoms with E-state index < -0.39 is 0 Å². The molecule has 1 heterocycles. The number of carbonyl (C=O) groups is 1. The standard InChI is InChI=1S/C23H28ClNO/c1-22(2)13-17-8-18(24)3-4-19(17)20(25-22)9-21(26)23-10-14-5-15(11-23)7-16(6-14)12-23/h3-4,8-9,14-16,25H,5-7,10-13H2,1-2H3/b20-9+. The van der Waals surface area contributed by atoms with Gasteiger partial charge in [-0.2, -0.15) is 0 Å². The second-order valence-electron chi connectivity index (χ2n) is 10.1. The number of halogens is 1. The first-order valence-electron chi connectivity index (χ1n) is 10.2. The van der Waals surface area contributed by atoms with Crippen LogP contribution in [0.25, 0.3) is 5.70 Å². The van der Waals surface area contributed by atoms with Gasteiger partial charge in [-0.1, -0.05) is 17.7 Å². The first-order valence-corrected chi connectivity index (χ1v) is 10.5. The van der Waals surface area contributed by atoms with Crippen LogP contribution in [0.1, 0.15) is 63.5 Å². The van der Waals surface area contributed by atoms with Gasteiger partial charge < -0.3 is 5.32 Å². The van der Waals surface area contributed by atoms with Crippen molar-refractivity contribution < 1.29 is 4.79 Å². The van der Waals surface area contributed by atoms with E-state index in [2.05, 4.69) is 31.3 Å². The maximum atomic E-state index is 13.5. The van der Waals surface area contributed by atoms with Crippen molar-refractivity contribution in [3.63, 3.8) is 0 Å². The van der Waals surface area contributed by atoms with Gasteiger partial charge in [-0.05, 0) is 94.2 Å². The smallest absolute Gasteiger partial charge is 0.163 e. The quantitative estimate of drug-likeness (QED) is 0.708. The third kappa shape index (κ3) is 2.72. The molecule has 0 radical (unpaired) electrons. The van der Waals surface area contributed by atoms with Gasteiger partial charge in [0.15, 0.2) is 5.78 Å². The van der Waals surface area contributed by atoms with Crippen molar-refractivity contribution in [3.05, 3.63) is 40.4 Å². The summed E-state index contributed by atoms with van der Waals surface area (Å²) in [4.78, 5) is 13.5. The van der Waals surface area contributed by atoms with Crippen LogP contribution in [0.4, 0.5) is 0 Å². The van der Waals surface area contributed by atoms with Gasteiger partial charge in [-0.25, -0.2) is 0 Å². The van der Waals surface area contributed by atoms with Crippen molar-refractivity contribution in [2.45, 2.75) is 64.3 Å². The average Bonchev–Trinajstić information content (AvgIpc) is 2.51. The van der Waals surface area contributed by atoms with Gasteiger partial charge in [0.2, 0.25) is 0 Å². The Balaban J connectivity index is 1.51. The molecule has 0 atom stereocenters. The molecule has 4 aliphatic carbocycles. The normalized spacial score (nSPS) is 38.1. The van der Waals surface area contributed by atoms with E-state index in [1.165, 1.54) is 24.8 Å². The average molecular weight is 370 g/mol. The summed E-state index contributed by atoms with van der Waals surface area (Å²) in [7, 11) is 0. The Morgan fingerprint density at radius 3 is 2.35 bits per heavy atom. The molecule has 0 saturated heterocycles. The largest absolute Gasteiger partial charge is 0.379 e. The van der Waals surface area contributed by atoms with Crippen molar-refractivity contribution in [2.75, 3.05) is 0 Å². The van der Waals surface area contributed by atoms with E-state index in [0.29, 0.717) is 5.78 Å². The third-order valence-corrected chi connectivity index (χ3v) is 7.53. The maximum absolute atomic E-state index is 13.5. The molecule has 0 aromatic heterocycles. The maximum Gasteiger partial charge on any atom is 0.163 e. The van der Waals surface area contributed by atoms with Gasteiger partial charge >= 0.3 is 0 Å². The molecule has 0 amide bonds. The fourth-order valence-electron chi connectivity index (χ4n) is 6.73. The van der Waals surface area contributed by atoms with Gasteiger partial charge in [0, 0.05) is 33.3 Å². The minimum absolute atomic E-state index is 0.0642. The van der Waals surface area contributed by atoms with E-state index in [0.717, 1.165) is 59.7 Å². The minimum atomic E-state index is -0.0718. The number of allylic oxidation sites excluding steroid dienone is 1. The molecule has 4 saturated carbocycles. The monoisotopic (exact) mass is 369 g/mol. The second kappa shape index (κ2) is 5.61. The van der Waals surface area contributed by atoms with Crippen LogP contribution in [0.2, 0.25) is 5.02 Å². The molecule has 4 fully saturated rings. The summed E-state index contributed by atoms with van der Waals surface area (Å²) in [5, 5.41) is 4.40. The Morgan fingerprint density at radius 1 is 1.12 bits per heavy atom. The predicted octanol–water partition coefficient (Wildman–Crippen LogP) is 5.39. The zero-order chi connectivity index (χ0) is 18.1. The number of benzene rings is 1. The molecule has 138 valence electrons. The SMILES string of the molecule is CC1(C)Cc2cc(Cl)ccc2/C(=C\C(=O)C23CC4CC(CC(C4)C2)C3)N1. The fraction of sp³-hybridized carbons (Fsp3) is 0.609.